The molecule has 4 rings (SSSR count). The molecule has 2 atom stereocenters. The number of carbonyl (C=O) groups excluding carboxylic acids is 1. The van der Waals surface area contributed by atoms with Gasteiger partial charge in [-0.25, -0.2) is 4.39 Å². The van der Waals surface area contributed by atoms with Gasteiger partial charge in [-0.05, 0) is 42.8 Å². The van der Waals surface area contributed by atoms with Crippen molar-refractivity contribution in [3.63, 3.8) is 0 Å². The lowest BCUT2D eigenvalue weighted by Gasteiger charge is -2.30. The minimum Gasteiger partial charge on any atom is -0.403 e. The summed E-state index contributed by atoms with van der Waals surface area (Å²) in [5, 5.41) is 15.6. The third kappa shape index (κ3) is 5.93. The predicted octanol–water partition coefficient (Wildman–Crippen LogP) is 1.98. The number of hydrogen-bond acceptors (Lipinski definition) is 10. The van der Waals surface area contributed by atoms with Crippen molar-refractivity contribution < 1.29 is 31.8 Å². The summed E-state index contributed by atoms with van der Waals surface area (Å²) in [5.74, 6) is -3.00. The molecule has 10 nitrogen and oxygen atoms in total. The van der Waals surface area contributed by atoms with E-state index in [-0.39, 0.29) is 5.56 Å². The molecule has 4 N–H and O–H groups in total. The first-order valence-corrected chi connectivity index (χ1v) is 11.1. The van der Waals surface area contributed by atoms with Crippen molar-refractivity contribution >= 4 is 17.9 Å². The van der Waals surface area contributed by atoms with Crippen LogP contribution in [0.25, 0.3) is 0 Å². The molecule has 0 aliphatic carbocycles. The summed E-state index contributed by atoms with van der Waals surface area (Å²) >= 11 is 1.13. The number of ether oxygens (including phenoxy) is 2. The predicted molar refractivity (Wildman–Crippen MR) is 116 cm³/mol. The van der Waals surface area contributed by atoms with Gasteiger partial charge in [-0.15, -0.1) is 13.2 Å². The van der Waals surface area contributed by atoms with E-state index < -0.39 is 35.5 Å². The zero-order valence-electron chi connectivity index (χ0n) is 18.2. The molecule has 0 radical (unpaired) electrons. The number of alkyl halides is 3. The molecule has 1 amide bonds. The minimum atomic E-state index is -5.09. The van der Waals surface area contributed by atoms with Gasteiger partial charge in [0.2, 0.25) is 0 Å². The smallest absolute Gasteiger partial charge is 0.403 e. The van der Waals surface area contributed by atoms with Gasteiger partial charge in [0.05, 0.1) is 11.2 Å². The molecule has 1 fully saturated rings. The molecule has 0 saturated carbocycles. The SMILES string of the molecule is CO[C@H](C(=O)NN1NC=C(N[C@]2(c3cccnn3)CCNC2)S1)c1ccc(F)c(OC(F)(F)F)c1. The standard InChI is InChI=1S/C20H21F4N7O3S/c1-33-17(12-4-5-13(21)14(9-12)34-20(22,23)24)18(32)30-31-27-10-16(35-31)28-19(6-8-25-11-19)15-3-2-7-26-29-15/h2-5,7,9-10,17,25,27-28H,6,8,11H2,1H3,(H,30,32)/t17-,19+/m0/s1. The van der Waals surface area contributed by atoms with Gasteiger partial charge in [0.25, 0.3) is 5.91 Å². The Morgan fingerprint density at radius 1 is 1.34 bits per heavy atom. The van der Waals surface area contributed by atoms with E-state index in [1.54, 1.807) is 18.5 Å². The second-order valence-electron chi connectivity index (χ2n) is 7.60. The first-order chi connectivity index (χ1) is 16.7. The van der Waals surface area contributed by atoms with Gasteiger partial charge in [0.1, 0.15) is 5.03 Å². The van der Waals surface area contributed by atoms with E-state index in [2.05, 4.69) is 36.4 Å². The molecule has 2 aliphatic heterocycles. The highest BCUT2D eigenvalue weighted by molar-refractivity contribution is 8.00. The van der Waals surface area contributed by atoms with Crippen LogP contribution in [0.3, 0.4) is 0 Å². The Morgan fingerprint density at radius 3 is 2.83 bits per heavy atom. The first-order valence-electron chi connectivity index (χ1n) is 10.3. The quantitative estimate of drug-likeness (QED) is 0.308. The average Bonchev–Trinajstić information content (AvgIpc) is 3.46. The number of halogens is 4. The summed E-state index contributed by atoms with van der Waals surface area (Å²) in [4.78, 5) is 12.8. The average molecular weight is 515 g/mol. The number of nitrogens with one attached hydrogen (secondary N) is 4. The molecular formula is C20H21F4N7O3S. The molecule has 3 heterocycles. The number of amides is 1. The van der Waals surface area contributed by atoms with Gasteiger partial charge >= 0.3 is 6.36 Å². The molecule has 1 aromatic heterocycles. The number of hydrogen-bond donors (Lipinski definition) is 4. The number of benzene rings is 1. The van der Waals surface area contributed by atoms with Crippen molar-refractivity contribution in [1.29, 1.82) is 0 Å². The van der Waals surface area contributed by atoms with Gasteiger partial charge < -0.3 is 20.1 Å². The highest BCUT2D eigenvalue weighted by Gasteiger charge is 2.39. The Balaban J connectivity index is 1.40. The van der Waals surface area contributed by atoms with E-state index in [0.717, 1.165) is 48.8 Å². The van der Waals surface area contributed by atoms with Crippen LogP contribution in [-0.2, 0) is 15.1 Å². The van der Waals surface area contributed by atoms with Gasteiger partial charge in [-0.1, -0.05) is 10.6 Å². The molecule has 2 aromatic rings. The Hall–Kier alpha value is -3.14. The van der Waals surface area contributed by atoms with Crippen LogP contribution in [0.15, 0.2) is 47.8 Å². The number of carbonyl (C=O) groups is 1. The molecule has 0 spiro atoms. The number of rotatable bonds is 8. The maximum Gasteiger partial charge on any atom is 0.573 e. The zero-order chi connectivity index (χ0) is 25.1. The van der Waals surface area contributed by atoms with Crippen molar-refractivity contribution in [2.75, 3.05) is 20.2 Å². The molecule has 2 aliphatic rings. The molecule has 0 unspecified atom stereocenters. The highest BCUT2D eigenvalue weighted by atomic mass is 32.2. The third-order valence-electron chi connectivity index (χ3n) is 5.25. The van der Waals surface area contributed by atoms with E-state index in [4.69, 9.17) is 4.74 Å². The fraction of sp³-hybridized carbons (Fsp3) is 0.350. The number of methoxy groups -OCH3 is 1. The summed E-state index contributed by atoms with van der Waals surface area (Å²) in [5.41, 5.74) is 5.65. The van der Waals surface area contributed by atoms with E-state index in [1.165, 1.54) is 11.6 Å². The third-order valence-corrected chi connectivity index (χ3v) is 6.05. The molecule has 1 saturated heterocycles. The lowest BCUT2D eigenvalue weighted by atomic mass is 9.94. The van der Waals surface area contributed by atoms with Gasteiger partial charge in [0.15, 0.2) is 17.7 Å². The first kappa shape index (κ1) is 25.0. The van der Waals surface area contributed by atoms with Crippen LogP contribution in [0.5, 0.6) is 5.75 Å². The van der Waals surface area contributed by atoms with Crippen molar-refractivity contribution in [1.82, 2.24) is 36.2 Å². The maximum atomic E-state index is 13.7. The lowest BCUT2D eigenvalue weighted by molar-refractivity contribution is -0.275. The van der Waals surface area contributed by atoms with E-state index in [0.29, 0.717) is 11.6 Å². The molecule has 188 valence electrons. The number of hydrazine groups is 2. The zero-order valence-corrected chi connectivity index (χ0v) is 19.0. The molecule has 35 heavy (non-hydrogen) atoms. The van der Waals surface area contributed by atoms with Crippen LogP contribution in [0.1, 0.15) is 23.8 Å². The van der Waals surface area contributed by atoms with Crippen LogP contribution in [0.2, 0.25) is 0 Å². The Morgan fingerprint density at radius 2 is 2.17 bits per heavy atom. The van der Waals surface area contributed by atoms with Crippen LogP contribution in [0, 0.1) is 5.82 Å². The normalized spacial score (nSPS) is 21.2. The van der Waals surface area contributed by atoms with Crippen LogP contribution >= 0.6 is 11.9 Å². The largest absolute Gasteiger partial charge is 0.573 e. The fourth-order valence-corrected chi connectivity index (χ4v) is 4.48. The topological polar surface area (TPSA) is 113 Å². The maximum absolute atomic E-state index is 13.7. The van der Waals surface area contributed by atoms with E-state index >= 15 is 0 Å². The second-order valence-corrected chi connectivity index (χ2v) is 8.58. The molecular weight excluding hydrogens is 494 g/mol. The summed E-state index contributed by atoms with van der Waals surface area (Å²) < 4.78 is 61.5. The fourth-order valence-electron chi connectivity index (χ4n) is 3.70. The number of aromatic nitrogens is 2. The summed E-state index contributed by atoms with van der Waals surface area (Å²) in [6.07, 6.45) is -2.44. The van der Waals surface area contributed by atoms with Crippen molar-refractivity contribution in [2.45, 2.75) is 24.4 Å². The Kier molecular flexibility index (Phi) is 7.30. The minimum absolute atomic E-state index is 0.0280. The van der Waals surface area contributed by atoms with Crippen molar-refractivity contribution in [3.8, 4) is 5.75 Å². The van der Waals surface area contributed by atoms with Gasteiger partial charge in [0, 0.05) is 38.0 Å². The van der Waals surface area contributed by atoms with E-state index in [1.807, 2.05) is 6.07 Å². The Labute approximate surface area is 201 Å². The monoisotopic (exact) mass is 515 g/mol. The molecule has 15 heteroatoms. The summed E-state index contributed by atoms with van der Waals surface area (Å²) in [7, 11) is 1.20. The van der Waals surface area contributed by atoms with Gasteiger partial charge in [-0.3, -0.25) is 15.6 Å². The van der Waals surface area contributed by atoms with Gasteiger partial charge in [-0.2, -0.15) is 10.2 Å². The van der Waals surface area contributed by atoms with E-state index in [9.17, 15) is 22.4 Å². The van der Waals surface area contributed by atoms with Crippen LogP contribution in [0.4, 0.5) is 17.6 Å². The van der Waals surface area contributed by atoms with Crippen LogP contribution in [-0.4, -0.2) is 47.2 Å². The molecule has 1 aromatic carbocycles. The van der Waals surface area contributed by atoms with Crippen LogP contribution < -0.4 is 26.2 Å². The summed E-state index contributed by atoms with van der Waals surface area (Å²) in [6.45, 7) is 1.40. The lowest BCUT2D eigenvalue weighted by Crippen LogP contribution is -2.45. The van der Waals surface area contributed by atoms with Crippen molar-refractivity contribution in [2.24, 2.45) is 0 Å². The second kappa shape index (κ2) is 10.2. The highest BCUT2D eigenvalue weighted by Crippen LogP contribution is 2.32. The number of nitrogens with zero attached hydrogens (tertiary/aromatic N) is 3. The summed E-state index contributed by atoms with van der Waals surface area (Å²) in [6, 6.07) is 6.35. The Bertz CT molecular complexity index is 1080. The van der Waals surface area contributed by atoms with Crippen molar-refractivity contribution in [3.05, 3.63) is 64.8 Å². The molecule has 0 bridgehead atoms.